The SMILES string of the molecule is COc1ccccc1OCCN1CCNCC1(C)C1CC1. The predicted octanol–water partition coefficient (Wildman–Crippen LogP) is 2.15. The summed E-state index contributed by atoms with van der Waals surface area (Å²) in [5.74, 6) is 2.50. The molecule has 0 spiro atoms. The van der Waals surface area contributed by atoms with Gasteiger partial charge in [-0.05, 0) is 37.8 Å². The lowest BCUT2D eigenvalue weighted by Crippen LogP contribution is -2.61. The third kappa shape index (κ3) is 3.16. The van der Waals surface area contributed by atoms with Gasteiger partial charge in [0.2, 0.25) is 0 Å². The third-order valence-electron chi connectivity index (χ3n) is 4.91. The molecule has 1 aromatic carbocycles. The van der Waals surface area contributed by atoms with Crippen LogP contribution in [0.3, 0.4) is 0 Å². The molecule has 116 valence electrons. The molecule has 0 aromatic heterocycles. The lowest BCUT2D eigenvalue weighted by atomic mass is 9.91. The second-order valence-electron chi connectivity index (χ2n) is 6.29. The van der Waals surface area contributed by atoms with Gasteiger partial charge in [-0.15, -0.1) is 0 Å². The van der Waals surface area contributed by atoms with Crippen molar-refractivity contribution < 1.29 is 9.47 Å². The summed E-state index contributed by atoms with van der Waals surface area (Å²) in [4.78, 5) is 2.61. The molecule has 1 N–H and O–H groups in total. The standard InChI is InChI=1S/C17H26N2O2/c1-17(14-7-8-14)13-18-9-10-19(17)11-12-21-16-6-4-3-5-15(16)20-2/h3-6,14,18H,7-13H2,1-2H3. The van der Waals surface area contributed by atoms with Crippen LogP contribution in [0.15, 0.2) is 24.3 Å². The maximum Gasteiger partial charge on any atom is 0.161 e. The van der Waals surface area contributed by atoms with Gasteiger partial charge in [-0.3, -0.25) is 4.90 Å². The van der Waals surface area contributed by atoms with E-state index in [1.165, 1.54) is 12.8 Å². The topological polar surface area (TPSA) is 33.7 Å². The lowest BCUT2D eigenvalue weighted by Gasteiger charge is -2.45. The minimum Gasteiger partial charge on any atom is -0.493 e. The van der Waals surface area contributed by atoms with E-state index in [9.17, 15) is 0 Å². The Balaban J connectivity index is 1.56. The summed E-state index contributed by atoms with van der Waals surface area (Å²) < 4.78 is 11.3. The van der Waals surface area contributed by atoms with E-state index in [4.69, 9.17) is 9.47 Å². The van der Waals surface area contributed by atoms with E-state index in [-0.39, 0.29) is 0 Å². The van der Waals surface area contributed by atoms with E-state index in [0.717, 1.165) is 43.6 Å². The van der Waals surface area contributed by atoms with Gasteiger partial charge in [0.25, 0.3) is 0 Å². The Hall–Kier alpha value is -1.26. The normalized spacial score (nSPS) is 26.6. The molecule has 4 nitrogen and oxygen atoms in total. The summed E-state index contributed by atoms with van der Waals surface area (Å²) in [6.07, 6.45) is 2.75. The molecular formula is C17H26N2O2. The molecule has 1 saturated heterocycles. The maximum absolute atomic E-state index is 5.94. The largest absolute Gasteiger partial charge is 0.493 e. The van der Waals surface area contributed by atoms with Crippen molar-refractivity contribution in [3.05, 3.63) is 24.3 Å². The summed E-state index contributed by atoms with van der Waals surface area (Å²) in [6.45, 7) is 7.39. The van der Waals surface area contributed by atoms with Crippen LogP contribution in [0.25, 0.3) is 0 Å². The summed E-state index contributed by atoms with van der Waals surface area (Å²) in [5, 5.41) is 3.55. The van der Waals surface area contributed by atoms with Crippen molar-refractivity contribution in [3.8, 4) is 11.5 Å². The van der Waals surface area contributed by atoms with E-state index < -0.39 is 0 Å². The highest BCUT2D eigenvalue weighted by atomic mass is 16.5. The van der Waals surface area contributed by atoms with Crippen LogP contribution in [-0.2, 0) is 0 Å². The molecule has 1 aliphatic carbocycles. The van der Waals surface area contributed by atoms with Crippen molar-refractivity contribution in [2.24, 2.45) is 5.92 Å². The first kappa shape index (κ1) is 14.7. The Kier molecular flexibility index (Phi) is 4.36. The molecule has 1 aliphatic heterocycles. The molecular weight excluding hydrogens is 264 g/mol. The van der Waals surface area contributed by atoms with Crippen molar-refractivity contribution in [1.29, 1.82) is 0 Å². The minimum absolute atomic E-state index is 0.308. The zero-order valence-corrected chi connectivity index (χ0v) is 13.1. The number of hydrogen-bond acceptors (Lipinski definition) is 4. The van der Waals surface area contributed by atoms with E-state index in [1.807, 2.05) is 24.3 Å². The van der Waals surface area contributed by atoms with Crippen LogP contribution in [0.1, 0.15) is 19.8 Å². The van der Waals surface area contributed by atoms with Crippen molar-refractivity contribution >= 4 is 0 Å². The molecule has 1 atom stereocenters. The van der Waals surface area contributed by atoms with Crippen molar-refractivity contribution in [2.75, 3.05) is 39.9 Å². The number of methoxy groups -OCH3 is 1. The van der Waals surface area contributed by atoms with Crippen LogP contribution in [-0.4, -0.2) is 50.3 Å². The van der Waals surface area contributed by atoms with Crippen LogP contribution in [0, 0.1) is 5.92 Å². The number of nitrogens with one attached hydrogen (secondary N) is 1. The number of para-hydroxylation sites is 2. The third-order valence-corrected chi connectivity index (χ3v) is 4.91. The Morgan fingerprint density at radius 3 is 2.76 bits per heavy atom. The van der Waals surface area contributed by atoms with Crippen LogP contribution < -0.4 is 14.8 Å². The quantitative estimate of drug-likeness (QED) is 0.870. The first-order valence-electron chi connectivity index (χ1n) is 7.95. The van der Waals surface area contributed by atoms with Crippen molar-refractivity contribution in [3.63, 3.8) is 0 Å². The fraction of sp³-hybridized carbons (Fsp3) is 0.647. The predicted molar refractivity (Wildman–Crippen MR) is 84.1 cm³/mol. The number of ether oxygens (including phenoxy) is 2. The molecule has 4 heteroatoms. The molecule has 2 aliphatic rings. The highest BCUT2D eigenvalue weighted by Gasteiger charge is 2.46. The summed E-state index contributed by atoms with van der Waals surface area (Å²) in [5.41, 5.74) is 0.308. The second kappa shape index (κ2) is 6.24. The molecule has 1 unspecified atom stereocenters. The van der Waals surface area contributed by atoms with Gasteiger partial charge in [-0.1, -0.05) is 12.1 Å². The van der Waals surface area contributed by atoms with E-state index >= 15 is 0 Å². The molecule has 0 radical (unpaired) electrons. The average molecular weight is 290 g/mol. The molecule has 0 bridgehead atoms. The maximum atomic E-state index is 5.94. The highest BCUT2D eigenvalue weighted by Crippen LogP contribution is 2.43. The van der Waals surface area contributed by atoms with E-state index in [1.54, 1.807) is 7.11 Å². The number of nitrogens with zero attached hydrogens (tertiary/aromatic N) is 1. The van der Waals surface area contributed by atoms with Crippen molar-refractivity contribution in [1.82, 2.24) is 10.2 Å². The van der Waals surface area contributed by atoms with Gasteiger partial charge in [0.05, 0.1) is 7.11 Å². The van der Waals surface area contributed by atoms with E-state index in [2.05, 4.69) is 17.1 Å². The molecule has 1 heterocycles. The second-order valence-corrected chi connectivity index (χ2v) is 6.29. The van der Waals surface area contributed by atoms with Crippen LogP contribution in [0.4, 0.5) is 0 Å². The zero-order valence-electron chi connectivity index (χ0n) is 13.1. The van der Waals surface area contributed by atoms with Crippen LogP contribution in [0.2, 0.25) is 0 Å². The lowest BCUT2D eigenvalue weighted by molar-refractivity contribution is 0.0433. The van der Waals surface area contributed by atoms with Gasteiger partial charge < -0.3 is 14.8 Å². The van der Waals surface area contributed by atoms with Gasteiger partial charge in [-0.2, -0.15) is 0 Å². The van der Waals surface area contributed by atoms with Crippen LogP contribution in [0.5, 0.6) is 11.5 Å². The Morgan fingerprint density at radius 1 is 1.29 bits per heavy atom. The monoisotopic (exact) mass is 290 g/mol. The summed E-state index contributed by atoms with van der Waals surface area (Å²) in [7, 11) is 1.68. The molecule has 21 heavy (non-hydrogen) atoms. The van der Waals surface area contributed by atoms with Crippen molar-refractivity contribution in [2.45, 2.75) is 25.3 Å². The first-order valence-corrected chi connectivity index (χ1v) is 7.95. The smallest absolute Gasteiger partial charge is 0.161 e. The molecule has 2 fully saturated rings. The number of hydrogen-bond donors (Lipinski definition) is 1. The molecule has 1 aromatic rings. The minimum atomic E-state index is 0.308. The van der Waals surface area contributed by atoms with Gasteiger partial charge in [-0.25, -0.2) is 0 Å². The summed E-state index contributed by atoms with van der Waals surface area (Å²) in [6, 6.07) is 7.86. The number of rotatable bonds is 6. The average Bonchev–Trinajstić information content (AvgIpc) is 3.35. The van der Waals surface area contributed by atoms with Gasteiger partial charge in [0.1, 0.15) is 6.61 Å². The van der Waals surface area contributed by atoms with Gasteiger partial charge >= 0.3 is 0 Å². The summed E-state index contributed by atoms with van der Waals surface area (Å²) >= 11 is 0. The Labute approximate surface area is 127 Å². The molecule has 0 amide bonds. The zero-order chi connectivity index (χ0) is 14.7. The Morgan fingerprint density at radius 2 is 2.05 bits per heavy atom. The number of benzene rings is 1. The molecule has 1 saturated carbocycles. The van der Waals surface area contributed by atoms with Gasteiger partial charge in [0, 0.05) is 31.7 Å². The molecule has 3 rings (SSSR count). The van der Waals surface area contributed by atoms with Crippen LogP contribution >= 0.6 is 0 Å². The fourth-order valence-electron chi connectivity index (χ4n) is 3.40. The Bertz CT molecular complexity index is 476. The highest BCUT2D eigenvalue weighted by molar-refractivity contribution is 5.39. The number of piperazine rings is 1. The first-order chi connectivity index (χ1) is 10.2. The van der Waals surface area contributed by atoms with E-state index in [0.29, 0.717) is 12.1 Å². The van der Waals surface area contributed by atoms with Gasteiger partial charge in [0.15, 0.2) is 11.5 Å². The fourth-order valence-corrected chi connectivity index (χ4v) is 3.40.